The number of aromatic amines is 1. The van der Waals surface area contributed by atoms with Gasteiger partial charge in [-0.3, -0.25) is 14.3 Å². The van der Waals surface area contributed by atoms with E-state index in [-0.39, 0.29) is 5.56 Å². The molecule has 1 aliphatic heterocycles. The highest BCUT2D eigenvalue weighted by atomic mass is 16.2. The van der Waals surface area contributed by atoms with Crippen LogP contribution in [0, 0.1) is 6.92 Å². The van der Waals surface area contributed by atoms with Crippen molar-refractivity contribution in [2.75, 3.05) is 31.1 Å². The number of hydrogen-bond acceptors (Lipinski definition) is 4. The number of aromatic nitrogens is 4. The van der Waals surface area contributed by atoms with E-state index in [2.05, 4.69) is 48.0 Å². The van der Waals surface area contributed by atoms with E-state index in [9.17, 15) is 9.59 Å². The highest BCUT2D eigenvalue weighted by Gasteiger charge is 2.26. The summed E-state index contributed by atoms with van der Waals surface area (Å²) in [5.41, 5.74) is 2.79. The molecule has 8 nitrogen and oxygen atoms in total. The van der Waals surface area contributed by atoms with E-state index in [1.807, 2.05) is 4.57 Å². The van der Waals surface area contributed by atoms with Crippen LogP contribution in [0.5, 0.6) is 0 Å². The Bertz CT molecular complexity index is 1120. The second-order valence-electron chi connectivity index (χ2n) is 7.95. The molecular weight excluding hydrogens is 368 g/mol. The summed E-state index contributed by atoms with van der Waals surface area (Å²) in [6.07, 6.45) is 0.888. The van der Waals surface area contributed by atoms with E-state index >= 15 is 0 Å². The predicted molar refractivity (Wildman–Crippen MR) is 114 cm³/mol. The van der Waals surface area contributed by atoms with Crippen LogP contribution in [0.1, 0.15) is 24.5 Å². The lowest BCUT2D eigenvalue weighted by Crippen LogP contribution is -3.13. The van der Waals surface area contributed by atoms with Gasteiger partial charge in [-0.05, 0) is 13.3 Å². The molecule has 1 aromatic carbocycles. The number of quaternary nitrogens is 1. The molecule has 0 atom stereocenters. The first kappa shape index (κ1) is 19.4. The Hall–Kier alpha value is -2.87. The number of nitrogens with one attached hydrogen (secondary N) is 2. The van der Waals surface area contributed by atoms with Gasteiger partial charge in [0.2, 0.25) is 5.95 Å². The van der Waals surface area contributed by atoms with Crippen LogP contribution in [0.4, 0.5) is 5.95 Å². The number of imidazole rings is 1. The number of fused-ring (bicyclic) bond motifs is 1. The smallest absolute Gasteiger partial charge is 0.329 e. The van der Waals surface area contributed by atoms with Crippen molar-refractivity contribution in [3.63, 3.8) is 0 Å². The number of benzene rings is 1. The van der Waals surface area contributed by atoms with Gasteiger partial charge in [-0.25, -0.2) is 4.79 Å². The van der Waals surface area contributed by atoms with E-state index in [4.69, 9.17) is 4.98 Å². The lowest BCUT2D eigenvalue weighted by atomic mass is 10.1. The highest BCUT2D eigenvalue weighted by molar-refractivity contribution is 5.74. The van der Waals surface area contributed by atoms with Gasteiger partial charge >= 0.3 is 5.69 Å². The molecule has 1 aliphatic rings. The summed E-state index contributed by atoms with van der Waals surface area (Å²) in [5, 5.41) is 0. The monoisotopic (exact) mass is 397 g/mol. The Labute approximate surface area is 169 Å². The summed E-state index contributed by atoms with van der Waals surface area (Å²) < 4.78 is 3.39. The molecule has 2 N–H and O–H groups in total. The predicted octanol–water partition coefficient (Wildman–Crippen LogP) is 0.0468. The summed E-state index contributed by atoms with van der Waals surface area (Å²) in [5.74, 6) is 0.794. The number of rotatable bonds is 5. The second kappa shape index (κ2) is 7.87. The average Bonchev–Trinajstić information content (AvgIpc) is 3.09. The van der Waals surface area contributed by atoms with Crippen LogP contribution in [0.25, 0.3) is 11.2 Å². The number of H-pyrrole nitrogens is 1. The molecule has 1 saturated heterocycles. The van der Waals surface area contributed by atoms with E-state index in [1.165, 1.54) is 15.7 Å². The Morgan fingerprint density at radius 2 is 1.83 bits per heavy atom. The van der Waals surface area contributed by atoms with Gasteiger partial charge in [0.05, 0.1) is 26.2 Å². The molecule has 0 amide bonds. The van der Waals surface area contributed by atoms with Gasteiger partial charge in [0, 0.05) is 19.2 Å². The summed E-state index contributed by atoms with van der Waals surface area (Å²) in [4.78, 5) is 35.4. The molecule has 0 aliphatic carbocycles. The average molecular weight is 398 g/mol. The summed E-state index contributed by atoms with van der Waals surface area (Å²) in [7, 11) is 1.65. The number of hydrogen-bond donors (Lipinski definition) is 2. The van der Waals surface area contributed by atoms with Crippen molar-refractivity contribution >= 4 is 17.1 Å². The van der Waals surface area contributed by atoms with E-state index in [0.717, 1.165) is 45.1 Å². The van der Waals surface area contributed by atoms with Gasteiger partial charge in [0.1, 0.15) is 6.54 Å². The minimum Gasteiger partial charge on any atom is -0.331 e. The van der Waals surface area contributed by atoms with Crippen molar-refractivity contribution in [1.29, 1.82) is 0 Å². The maximum absolute atomic E-state index is 12.5. The lowest BCUT2D eigenvalue weighted by Gasteiger charge is -2.33. The standard InChI is InChI=1S/C21H28N6O2/c1-4-9-27-17-18(24(3)21(29)23-19(17)28)22-20(27)26-12-10-25(11-13-26)14-16-7-5-15(2)6-8-16/h5-8H,4,9-14H2,1-3H3,(H,23,28,29)/p+1. The molecule has 29 heavy (non-hydrogen) atoms. The maximum Gasteiger partial charge on any atom is 0.329 e. The topological polar surface area (TPSA) is 80.4 Å². The zero-order chi connectivity index (χ0) is 20.5. The van der Waals surface area contributed by atoms with Crippen molar-refractivity contribution < 1.29 is 4.90 Å². The minimum absolute atomic E-state index is 0.362. The minimum atomic E-state index is -0.428. The fraction of sp³-hybridized carbons (Fsp3) is 0.476. The van der Waals surface area contributed by atoms with Crippen molar-refractivity contribution in [1.82, 2.24) is 19.1 Å². The largest absolute Gasteiger partial charge is 0.331 e. The molecular formula is C21H29N6O2+. The Morgan fingerprint density at radius 3 is 2.48 bits per heavy atom. The van der Waals surface area contributed by atoms with Crippen molar-refractivity contribution in [3.05, 3.63) is 56.2 Å². The third kappa shape index (κ3) is 3.72. The maximum atomic E-state index is 12.5. The zero-order valence-electron chi connectivity index (χ0n) is 17.4. The summed E-state index contributed by atoms with van der Waals surface area (Å²) in [6, 6.07) is 8.75. The molecule has 1 fully saturated rings. The van der Waals surface area contributed by atoms with Gasteiger partial charge < -0.3 is 14.4 Å². The van der Waals surface area contributed by atoms with Crippen LogP contribution in [0.3, 0.4) is 0 Å². The first-order valence-corrected chi connectivity index (χ1v) is 10.3. The molecule has 0 radical (unpaired) electrons. The number of piperazine rings is 1. The highest BCUT2D eigenvalue weighted by Crippen LogP contribution is 2.20. The van der Waals surface area contributed by atoms with Crippen LogP contribution in [0.2, 0.25) is 0 Å². The molecule has 2 aromatic heterocycles. The van der Waals surface area contributed by atoms with Crippen molar-refractivity contribution in [2.24, 2.45) is 7.05 Å². The SMILES string of the molecule is CCCn1c(N2CC[NH+](Cc3ccc(C)cc3)CC2)nc2c1c(=O)[nH]c(=O)n2C. The van der Waals surface area contributed by atoms with Crippen LogP contribution >= 0.6 is 0 Å². The molecule has 3 heterocycles. The summed E-state index contributed by atoms with van der Waals surface area (Å²) in [6.45, 7) is 9.68. The van der Waals surface area contributed by atoms with Gasteiger partial charge in [0.25, 0.3) is 5.56 Å². The number of nitrogens with zero attached hydrogens (tertiary/aromatic N) is 4. The fourth-order valence-corrected chi connectivity index (χ4v) is 4.09. The number of aryl methyl sites for hydroxylation is 3. The third-order valence-electron chi connectivity index (χ3n) is 5.76. The quantitative estimate of drug-likeness (QED) is 0.638. The molecule has 0 saturated carbocycles. The first-order chi connectivity index (χ1) is 14.0. The normalized spacial score (nSPS) is 15.3. The third-order valence-corrected chi connectivity index (χ3v) is 5.76. The zero-order valence-corrected chi connectivity index (χ0v) is 17.4. The Morgan fingerprint density at radius 1 is 1.14 bits per heavy atom. The molecule has 8 heteroatoms. The summed E-state index contributed by atoms with van der Waals surface area (Å²) >= 11 is 0. The van der Waals surface area contributed by atoms with Crippen LogP contribution in [-0.4, -0.2) is 45.3 Å². The van der Waals surface area contributed by atoms with E-state index in [1.54, 1.807) is 11.9 Å². The van der Waals surface area contributed by atoms with Crippen LogP contribution in [-0.2, 0) is 20.1 Å². The van der Waals surface area contributed by atoms with Crippen LogP contribution < -0.4 is 21.0 Å². The van der Waals surface area contributed by atoms with Crippen molar-refractivity contribution in [3.8, 4) is 0 Å². The van der Waals surface area contributed by atoms with Gasteiger partial charge in [-0.1, -0.05) is 36.8 Å². The van der Waals surface area contributed by atoms with Crippen LogP contribution in [0.15, 0.2) is 33.9 Å². The van der Waals surface area contributed by atoms with Gasteiger partial charge in [0.15, 0.2) is 11.2 Å². The van der Waals surface area contributed by atoms with E-state index < -0.39 is 5.69 Å². The second-order valence-corrected chi connectivity index (χ2v) is 7.95. The van der Waals surface area contributed by atoms with E-state index in [0.29, 0.717) is 17.7 Å². The number of anilines is 1. The van der Waals surface area contributed by atoms with Gasteiger partial charge in [-0.15, -0.1) is 0 Å². The molecule has 0 unspecified atom stereocenters. The van der Waals surface area contributed by atoms with Crippen molar-refractivity contribution in [2.45, 2.75) is 33.4 Å². The Balaban J connectivity index is 1.58. The first-order valence-electron chi connectivity index (χ1n) is 10.3. The van der Waals surface area contributed by atoms with Gasteiger partial charge in [-0.2, -0.15) is 4.98 Å². The molecule has 4 rings (SSSR count). The molecule has 3 aromatic rings. The molecule has 0 bridgehead atoms. The fourth-order valence-electron chi connectivity index (χ4n) is 4.09. The molecule has 0 spiro atoms. The Kier molecular flexibility index (Phi) is 5.27. The lowest BCUT2D eigenvalue weighted by molar-refractivity contribution is -0.914. The molecule has 154 valence electrons.